The molecule has 2 aromatic rings. The molecule has 1 aliphatic rings. The van der Waals surface area contributed by atoms with Crippen molar-refractivity contribution in [3.05, 3.63) is 71.8 Å². The standard InChI is InChI=1S/C22H24N2O4/c25-20(26)16-24(14-17-8-3-1-4-9-17)22(28)19-12-7-13-23(15-19)21(27)18-10-5-2-6-11-18/h1-6,8-11,19H,7,12-16H2,(H,25,26). The lowest BCUT2D eigenvalue weighted by Crippen LogP contribution is -2.47. The summed E-state index contributed by atoms with van der Waals surface area (Å²) < 4.78 is 0. The predicted molar refractivity (Wildman–Crippen MR) is 105 cm³/mol. The number of carboxylic acids is 1. The first kappa shape index (κ1) is 19.6. The second kappa shape index (κ2) is 9.17. The van der Waals surface area contributed by atoms with Gasteiger partial charge in [-0.2, -0.15) is 0 Å². The highest BCUT2D eigenvalue weighted by Crippen LogP contribution is 2.22. The first-order valence-corrected chi connectivity index (χ1v) is 9.43. The Labute approximate surface area is 164 Å². The van der Waals surface area contributed by atoms with E-state index in [2.05, 4.69) is 0 Å². The summed E-state index contributed by atoms with van der Waals surface area (Å²) in [4.78, 5) is 40.1. The van der Waals surface area contributed by atoms with Crippen molar-refractivity contribution in [2.45, 2.75) is 19.4 Å². The van der Waals surface area contributed by atoms with E-state index in [4.69, 9.17) is 0 Å². The van der Waals surface area contributed by atoms with Crippen molar-refractivity contribution >= 4 is 17.8 Å². The molecule has 1 atom stereocenters. The van der Waals surface area contributed by atoms with Crippen LogP contribution in [0.5, 0.6) is 0 Å². The van der Waals surface area contributed by atoms with Gasteiger partial charge in [-0.3, -0.25) is 14.4 Å². The Morgan fingerprint density at radius 2 is 1.64 bits per heavy atom. The van der Waals surface area contributed by atoms with Crippen molar-refractivity contribution in [1.29, 1.82) is 0 Å². The molecule has 1 aliphatic heterocycles. The Morgan fingerprint density at radius 1 is 1.00 bits per heavy atom. The van der Waals surface area contributed by atoms with E-state index in [1.54, 1.807) is 17.0 Å². The van der Waals surface area contributed by atoms with Gasteiger partial charge in [0.2, 0.25) is 5.91 Å². The van der Waals surface area contributed by atoms with Crippen LogP contribution >= 0.6 is 0 Å². The highest BCUT2D eigenvalue weighted by molar-refractivity contribution is 5.94. The number of aliphatic carboxylic acids is 1. The van der Waals surface area contributed by atoms with Crippen LogP contribution < -0.4 is 0 Å². The van der Waals surface area contributed by atoms with E-state index in [0.717, 1.165) is 12.0 Å². The van der Waals surface area contributed by atoms with Crippen molar-refractivity contribution < 1.29 is 19.5 Å². The number of rotatable bonds is 6. The Balaban J connectivity index is 1.71. The van der Waals surface area contributed by atoms with E-state index in [0.29, 0.717) is 25.1 Å². The number of carboxylic acid groups (broad SMARTS) is 1. The van der Waals surface area contributed by atoms with Gasteiger partial charge >= 0.3 is 5.97 Å². The van der Waals surface area contributed by atoms with Crippen LogP contribution in [0.2, 0.25) is 0 Å². The summed E-state index contributed by atoms with van der Waals surface area (Å²) in [5, 5.41) is 9.24. The van der Waals surface area contributed by atoms with Crippen molar-refractivity contribution in [2.24, 2.45) is 5.92 Å². The SMILES string of the molecule is O=C(O)CN(Cc1ccccc1)C(=O)C1CCCN(C(=O)c2ccccc2)C1. The number of carbonyl (C=O) groups is 3. The van der Waals surface area contributed by atoms with Gasteiger partial charge in [0.15, 0.2) is 0 Å². The Bertz CT molecular complexity index is 823. The molecule has 2 aromatic carbocycles. The second-order valence-corrected chi connectivity index (χ2v) is 7.03. The molecule has 2 amide bonds. The number of hydrogen-bond acceptors (Lipinski definition) is 3. The van der Waals surface area contributed by atoms with E-state index in [1.807, 2.05) is 48.5 Å². The van der Waals surface area contributed by atoms with Crippen molar-refractivity contribution in [2.75, 3.05) is 19.6 Å². The highest BCUT2D eigenvalue weighted by Gasteiger charge is 2.32. The smallest absolute Gasteiger partial charge is 0.323 e. The van der Waals surface area contributed by atoms with Crippen molar-refractivity contribution in [3.8, 4) is 0 Å². The average Bonchev–Trinajstić information content (AvgIpc) is 2.73. The van der Waals surface area contributed by atoms with E-state index in [9.17, 15) is 19.5 Å². The third-order valence-corrected chi connectivity index (χ3v) is 4.93. The molecule has 1 saturated heterocycles. The summed E-state index contributed by atoms with van der Waals surface area (Å²) in [5.74, 6) is -1.73. The highest BCUT2D eigenvalue weighted by atomic mass is 16.4. The lowest BCUT2D eigenvalue weighted by molar-refractivity contribution is -0.147. The van der Waals surface area contributed by atoms with Crippen LogP contribution in [0.25, 0.3) is 0 Å². The molecular formula is C22H24N2O4. The molecule has 0 aromatic heterocycles. The zero-order chi connectivity index (χ0) is 19.9. The minimum atomic E-state index is -1.04. The summed E-state index contributed by atoms with van der Waals surface area (Å²) in [7, 11) is 0. The molecule has 0 saturated carbocycles. The molecule has 1 heterocycles. The van der Waals surface area contributed by atoms with Crippen molar-refractivity contribution in [3.63, 3.8) is 0 Å². The fraction of sp³-hybridized carbons (Fsp3) is 0.318. The largest absolute Gasteiger partial charge is 0.480 e. The molecule has 0 aliphatic carbocycles. The molecule has 0 bridgehead atoms. The normalized spacial score (nSPS) is 16.4. The maximum Gasteiger partial charge on any atom is 0.323 e. The van der Waals surface area contributed by atoms with Crippen molar-refractivity contribution in [1.82, 2.24) is 9.80 Å². The Kier molecular flexibility index (Phi) is 6.42. The Hall–Kier alpha value is -3.15. The van der Waals surface area contributed by atoms with Gasteiger partial charge < -0.3 is 14.9 Å². The van der Waals surface area contributed by atoms with E-state index >= 15 is 0 Å². The zero-order valence-electron chi connectivity index (χ0n) is 15.7. The van der Waals surface area contributed by atoms with Crippen LogP contribution in [0, 0.1) is 5.92 Å². The predicted octanol–water partition coefficient (Wildman–Crippen LogP) is 2.65. The van der Waals surface area contributed by atoms with Gasteiger partial charge in [-0.15, -0.1) is 0 Å². The monoisotopic (exact) mass is 380 g/mol. The molecule has 1 unspecified atom stereocenters. The minimum Gasteiger partial charge on any atom is -0.480 e. The molecule has 1 N–H and O–H groups in total. The van der Waals surface area contributed by atoms with Crippen LogP contribution in [0.3, 0.4) is 0 Å². The maximum absolute atomic E-state index is 13.1. The lowest BCUT2D eigenvalue weighted by atomic mass is 9.95. The number of nitrogens with zero attached hydrogens (tertiary/aromatic N) is 2. The van der Waals surface area contributed by atoms with Crippen LogP contribution in [-0.2, 0) is 16.1 Å². The van der Waals surface area contributed by atoms with Gasteiger partial charge in [-0.25, -0.2) is 0 Å². The second-order valence-electron chi connectivity index (χ2n) is 7.03. The summed E-state index contributed by atoms with van der Waals surface area (Å²) in [5.41, 5.74) is 1.48. The number of benzene rings is 2. The van der Waals surface area contributed by atoms with Crippen LogP contribution in [0.4, 0.5) is 0 Å². The molecule has 0 spiro atoms. The fourth-order valence-corrected chi connectivity index (χ4v) is 3.56. The summed E-state index contributed by atoms with van der Waals surface area (Å²) >= 11 is 0. The van der Waals surface area contributed by atoms with E-state index in [-0.39, 0.29) is 30.8 Å². The first-order chi connectivity index (χ1) is 13.5. The molecule has 3 rings (SSSR count). The van der Waals surface area contributed by atoms with E-state index in [1.165, 1.54) is 4.90 Å². The number of amides is 2. The van der Waals surface area contributed by atoms with Crippen LogP contribution in [-0.4, -0.2) is 52.3 Å². The third kappa shape index (κ3) is 4.97. The summed E-state index contributed by atoms with van der Waals surface area (Å²) in [6.45, 7) is 0.818. The van der Waals surface area contributed by atoms with E-state index < -0.39 is 5.97 Å². The van der Waals surface area contributed by atoms with Gasteiger partial charge in [0.1, 0.15) is 6.54 Å². The van der Waals surface area contributed by atoms with Gasteiger partial charge in [-0.1, -0.05) is 48.5 Å². The zero-order valence-corrected chi connectivity index (χ0v) is 15.7. The number of hydrogen-bond donors (Lipinski definition) is 1. The topological polar surface area (TPSA) is 77.9 Å². The average molecular weight is 380 g/mol. The molecule has 1 fully saturated rings. The van der Waals surface area contributed by atoms with Gasteiger partial charge in [-0.05, 0) is 30.5 Å². The minimum absolute atomic E-state index is 0.0917. The fourth-order valence-electron chi connectivity index (χ4n) is 3.56. The van der Waals surface area contributed by atoms with Crippen LogP contribution in [0.15, 0.2) is 60.7 Å². The molecular weight excluding hydrogens is 356 g/mol. The quantitative estimate of drug-likeness (QED) is 0.836. The summed E-state index contributed by atoms with van der Waals surface area (Å²) in [6.07, 6.45) is 1.38. The molecule has 146 valence electrons. The molecule has 6 nitrogen and oxygen atoms in total. The van der Waals surface area contributed by atoms with Crippen LogP contribution in [0.1, 0.15) is 28.8 Å². The molecule has 6 heteroatoms. The maximum atomic E-state index is 13.1. The number of likely N-dealkylation sites (tertiary alicyclic amines) is 1. The molecule has 28 heavy (non-hydrogen) atoms. The number of piperidine rings is 1. The summed E-state index contributed by atoms with van der Waals surface area (Å²) in [6, 6.07) is 18.3. The van der Waals surface area contributed by atoms with Gasteiger partial charge in [0.25, 0.3) is 5.91 Å². The van der Waals surface area contributed by atoms with Gasteiger partial charge in [0.05, 0.1) is 5.92 Å². The first-order valence-electron chi connectivity index (χ1n) is 9.43. The third-order valence-electron chi connectivity index (χ3n) is 4.93. The van der Waals surface area contributed by atoms with Gasteiger partial charge in [0, 0.05) is 25.2 Å². The lowest BCUT2D eigenvalue weighted by Gasteiger charge is -2.34. The Morgan fingerprint density at radius 3 is 2.29 bits per heavy atom. The number of carbonyl (C=O) groups excluding carboxylic acids is 2. The molecule has 0 radical (unpaired) electrons.